The Balaban J connectivity index is 1.88. The van der Waals surface area contributed by atoms with Gasteiger partial charge in [-0.05, 0) is 0 Å². The van der Waals surface area contributed by atoms with Crippen LogP contribution in [0.4, 0.5) is 0 Å². The highest BCUT2D eigenvalue weighted by molar-refractivity contribution is 5.92. The highest BCUT2D eigenvalue weighted by Crippen LogP contribution is 2.28. The van der Waals surface area contributed by atoms with E-state index in [1.807, 2.05) is 11.6 Å². The molecule has 1 amide bonds. The van der Waals surface area contributed by atoms with Gasteiger partial charge in [0.05, 0.1) is 31.4 Å². The topological polar surface area (TPSA) is 73.1 Å². The van der Waals surface area contributed by atoms with Crippen molar-refractivity contribution in [1.82, 2.24) is 24.4 Å². The lowest BCUT2D eigenvalue weighted by Gasteiger charge is -2.32. The number of ether oxygens (including phenoxy) is 1. The van der Waals surface area contributed by atoms with E-state index in [1.54, 1.807) is 24.5 Å². The summed E-state index contributed by atoms with van der Waals surface area (Å²) < 4.78 is 7.29. The SMILES string of the molecule is COC[C@H]1CN(C(=O)c2cnccn2)Cc2ncn(C)c21. The molecule has 0 bridgehead atoms. The molecule has 110 valence electrons. The maximum atomic E-state index is 12.5. The van der Waals surface area contributed by atoms with Crippen LogP contribution >= 0.6 is 0 Å². The predicted molar refractivity (Wildman–Crippen MR) is 74.6 cm³/mol. The minimum Gasteiger partial charge on any atom is -0.384 e. The number of amides is 1. The smallest absolute Gasteiger partial charge is 0.274 e. The van der Waals surface area contributed by atoms with Gasteiger partial charge in [-0.2, -0.15) is 0 Å². The van der Waals surface area contributed by atoms with Crippen molar-refractivity contribution in [3.8, 4) is 0 Å². The number of methoxy groups -OCH3 is 1. The fourth-order valence-electron chi connectivity index (χ4n) is 2.79. The average Bonchev–Trinajstić information content (AvgIpc) is 2.89. The number of carbonyl (C=O) groups is 1. The molecule has 21 heavy (non-hydrogen) atoms. The third-order valence-corrected chi connectivity index (χ3v) is 3.67. The van der Waals surface area contributed by atoms with Crippen molar-refractivity contribution in [2.45, 2.75) is 12.5 Å². The Morgan fingerprint density at radius 1 is 1.43 bits per heavy atom. The summed E-state index contributed by atoms with van der Waals surface area (Å²) in [4.78, 5) is 26.7. The van der Waals surface area contributed by atoms with Gasteiger partial charge in [0.2, 0.25) is 0 Å². The first-order chi connectivity index (χ1) is 10.2. The van der Waals surface area contributed by atoms with Gasteiger partial charge in [-0.15, -0.1) is 0 Å². The van der Waals surface area contributed by atoms with Crippen LogP contribution in [0.25, 0.3) is 0 Å². The van der Waals surface area contributed by atoms with Crippen molar-refractivity contribution in [3.05, 3.63) is 42.0 Å². The number of hydrogen-bond donors (Lipinski definition) is 0. The molecule has 0 aliphatic carbocycles. The van der Waals surface area contributed by atoms with Crippen LogP contribution in [0, 0.1) is 0 Å². The van der Waals surface area contributed by atoms with Crippen LogP contribution in [-0.2, 0) is 18.3 Å². The second kappa shape index (κ2) is 5.61. The number of aromatic nitrogens is 4. The molecule has 0 saturated carbocycles. The predicted octanol–water partition coefficient (Wildman–Crippen LogP) is 0.596. The van der Waals surface area contributed by atoms with Crippen LogP contribution in [0.15, 0.2) is 24.9 Å². The van der Waals surface area contributed by atoms with Gasteiger partial charge in [-0.3, -0.25) is 9.78 Å². The number of nitrogens with zero attached hydrogens (tertiary/aromatic N) is 5. The average molecular weight is 287 g/mol. The number of aryl methyl sites for hydroxylation is 1. The zero-order chi connectivity index (χ0) is 14.8. The number of imidazole rings is 1. The van der Waals surface area contributed by atoms with E-state index in [2.05, 4.69) is 15.0 Å². The molecule has 1 aliphatic heterocycles. The van der Waals surface area contributed by atoms with Crippen molar-refractivity contribution in [2.75, 3.05) is 20.3 Å². The maximum absolute atomic E-state index is 12.5. The Morgan fingerprint density at radius 3 is 3.00 bits per heavy atom. The molecule has 3 rings (SSSR count). The summed E-state index contributed by atoms with van der Waals surface area (Å²) in [6.07, 6.45) is 6.35. The summed E-state index contributed by atoms with van der Waals surface area (Å²) in [5.41, 5.74) is 2.41. The van der Waals surface area contributed by atoms with E-state index in [4.69, 9.17) is 4.74 Å². The summed E-state index contributed by atoms with van der Waals surface area (Å²) in [7, 11) is 3.63. The number of hydrogen-bond acceptors (Lipinski definition) is 5. The minimum atomic E-state index is -0.125. The van der Waals surface area contributed by atoms with E-state index in [-0.39, 0.29) is 11.8 Å². The number of carbonyl (C=O) groups excluding carboxylic acids is 1. The van der Waals surface area contributed by atoms with Crippen molar-refractivity contribution in [3.63, 3.8) is 0 Å². The standard InChI is InChI=1S/C14H17N5O2/c1-18-9-17-12-7-19(6-10(8-21-2)13(12)18)14(20)11-5-15-3-4-16-11/h3-5,9-10H,6-8H2,1-2H3/t10-/m1/s1. The highest BCUT2D eigenvalue weighted by atomic mass is 16.5. The molecule has 1 aliphatic rings. The fraction of sp³-hybridized carbons (Fsp3) is 0.429. The summed E-state index contributed by atoms with van der Waals surface area (Å²) in [6, 6.07) is 0. The second-order valence-electron chi connectivity index (χ2n) is 5.12. The summed E-state index contributed by atoms with van der Waals surface area (Å²) in [5.74, 6) is -0.00706. The number of fused-ring (bicyclic) bond motifs is 1. The van der Waals surface area contributed by atoms with Crippen LogP contribution in [0.5, 0.6) is 0 Å². The summed E-state index contributed by atoms with van der Waals surface area (Å²) >= 11 is 0. The normalized spacial score (nSPS) is 17.6. The van der Waals surface area contributed by atoms with Gasteiger partial charge >= 0.3 is 0 Å². The fourth-order valence-corrected chi connectivity index (χ4v) is 2.79. The number of rotatable bonds is 3. The lowest BCUT2D eigenvalue weighted by atomic mass is 9.98. The zero-order valence-corrected chi connectivity index (χ0v) is 12.1. The first-order valence-corrected chi connectivity index (χ1v) is 6.75. The Morgan fingerprint density at radius 2 is 2.29 bits per heavy atom. The summed E-state index contributed by atoms with van der Waals surface area (Å²) in [6.45, 7) is 1.64. The van der Waals surface area contributed by atoms with E-state index in [1.165, 1.54) is 12.4 Å². The van der Waals surface area contributed by atoms with Crippen molar-refractivity contribution in [1.29, 1.82) is 0 Å². The first kappa shape index (κ1) is 13.7. The van der Waals surface area contributed by atoms with E-state index in [0.29, 0.717) is 25.4 Å². The molecule has 0 N–H and O–H groups in total. The molecule has 2 aromatic heterocycles. The third kappa shape index (κ3) is 2.52. The first-order valence-electron chi connectivity index (χ1n) is 6.75. The molecule has 7 nitrogen and oxygen atoms in total. The molecule has 0 unspecified atom stereocenters. The lowest BCUT2D eigenvalue weighted by Crippen LogP contribution is -2.40. The molecule has 0 radical (unpaired) electrons. The molecule has 1 atom stereocenters. The Hall–Kier alpha value is -2.28. The molecule has 0 spiro atoms. The van der Waals surface area contributed by atoms with Gasteiger partial charge in [0.1, 0.15) is 5.69 Å². The minimum absolute atomic E-state index is 0.117. The molecular weight excluding hydrogens is 270 g/mol. The monoisotopic (exact) mass is 287 g/mol. The Kier molecular flexibility index (Phi) is 3.66. The van der Waals surface area contributed by atoms with Gasteiger partial charge < -0.3 is 14.2 Å². The zero-order valence-electron chi connectivity index (χ0n) is 12.1. The van der Waals surface area contributed by atoms with Gasteiger partial charge in [-0.1, -0.05) is 0 Å². The van der Waals surface area contributed by atoms with E-state index in [9.17, 15) is 4.79 Å². The molecule has 3 heterocycles. The van der Waals surface area contributed by atoms with Crippen LogP contribution in [-0.4, -0.2) is 50.6 Å². The van der Waals surface area contributed by atoms with Crippen LogP contribution < -0.4 is 0 Å². The molecule has 7 heteroatoms. The van der Waals surface area contributed by atoms with Gasteiger partial charge in [0.25, 0.3) is 5.91 Å². The van der Waals surface area contributed by atoms with Crippen molar-refractivity contribution >= 4 is 5.91 Å². The van der Waals surface area contributed by atoms with Crippen LogP contribution in [0.2, 0.25) is 0 Å². The molecule has 0 saturated heterocycles. The molecule has 0 aromatic carbocycles. The van der Waals surface area contributed by atoms with Crippen LogP contribution in [0.3, 0.4) is 0 Å². The van der Waals surface area contributed by atoms with Crippen molar-refractivity contribution in [2.24, 2.45) is 7.05 Å². The highest BCUT2D eigenvalue weighted by Gasteiger charge is 2.32. The second-order valence-corrected chi connectivity index (χ2v) is 5.12. The van der Waals surface area contributed by atoms with Gasteiger partial charge in [0, 0.05) is 44.7 Å². The van der Waals surface area contributed by atoms with E-state index >= 15 is 0 Å². The lowest BCUT2D eigenvalue weighted by molar-refractivity contribution is 0.0667. The molecular formula is C14H17N5O2. The molecule has 0 fully saturated rings. The van der Waals surface area contributed by atoms with Crippen molar-refractivity contribution < 1.29 is 9.53 Å². The van der Waals surface area contributed by atoms with Crippen LogP contribution in [0.1, 0.15) is 27.8 Å². The Bertz CT molecular complexity index is 640. The quantitative estimate of drug-likeness (QED) is 0.826. The van der Waals surface area contributed by atoms with Gasteiger partial charge in [0.15, 0.2) is 0 Å². The maximum Gasteiger partial charge on any atom is 0.274 e. The molecule has 2 aromatic rings. The van der Waals surface area contributed by atoms with Gasteiger partial charge in [-0.25, -0.2) is 9.97 Å². The van der Waals surface area contributed by atoms with E-state index < -0.39 is 0 Å². The summed E-state index contributed by atoms with van der Waals surface area (Å²) in [5, 5.41) is 0. The Labute approximate surface area is 122 Å². The largest absolute Gasteiger partial charge is 0.384 e. The third-order valence-electron chi connectivity index (χ3n) is 3.67. The van der Waals surface area contributed by atoms with E-state index in [0.717, 1.165) is 11.4 Å².